The molecule has 1 N–H and O–H groups in total. The summed E-state index contributed by atoms with van der Waals surface area (Å²) in [5.41, 5.74) is 1.64. The third kappa shape index (κ3) is 2.31. The third-order valence-electron chi connectivity index (χ3n) is 2.84. The van der Waals surface area contributed by atoms with E-state index in [-0.39, 0.29) is 5.56 Å². The van der Waals surface area contributed by atoms with Crippen LogP contribution in [0, 0.1) is 0 Å². The molecule has 2 aromatic rings. The molecule has 0 amide bonds. The van der Waals surface area contributed by atoms with Crippen molar-refractivity contribution in [2.24, 2.45) is 0 Å². The van der Waals surface area contributed by atoms with Gasteiger partial charge in [-0.25, -0.2) is 4.98 Å². The molecule has 4 heteroatoms. The largest absolute Gasteiger partial charge is 0.310 e. The fraction of sp³-hybridized carbons (Fsp3) is 0.231. The van der Waals surface area contributed by atoms with Crippen LogP contribution in [0.3, 0.4) is 0 Å². The Bertz CT molecular complexity index is 617. The molecule has 1 aromatic carbocycles. The first-order chi connectivity index (χ1) is 8.22. The molecule has 3 nitrogen and oxygen atoms in total. The SMILES string of the molecule is O=c1cc(-c2cccc(Br)c2)nc(C2CC2)[nH]1. The van der Waals surface area contributed by atoms with Crippen LogP contribution in [0.15, 0.2) is 39.6 Å². The molecule has 0 spiro atoms. The number of halogens is 1. The summed E-state index contributed by atoms with van der Waals surface area (Å²) in [6.07, 6.45) is 2.26. The lowest BCUT2D eigenvalue weighted by molar-refractivity contribution is 0.912. The molecule has 1 aliphatic rings. The second-order valence-electron chi connectivity index (χ2n) is 4.30. The van der Waals surface area contributed by atoms with Gasteiger partial charge >= 0.3 is 0 Å². The van der Waals surface area contributed by atoms with Crippen LogP contribution in [0.1, 0.15) is 24.6 Å². The minimum absolute atomic E-state index is 0.0723. The first-order valence-corrected chi connectivity index (χ1v) is 6.39. The van der Waals surface area contributed by atoms with Crippen molar-refractivity contribution >= 4 is 15.9 Å². The highest BCUT2D eigenvalue weighted by Gasteiger charge is 2.26. The van der Waals surface area contributed by atoms with Gasteiger partial charge in [-0.1, -0.05) is 28.1 Å². The molecule has 86 valence electrons. The Labute approximate surface area is 107 Å². The lowest BCUT2D eigenvalue weighted by atomic mass is 10.1. The molecule has 0 radical (unpaired) electrons. The summed E-state index contributed by atoms with van der Waals surface area (Å²) >= 11 is 3.42. The van der Waals surface area contributed by atoms with Gasteiger partial charge in [-0.15, -0.1) is 0 Å². The van der Waals surface area contributed by atoms with Crippen molar-refractivity contribution in [1.82, 2.24) is 9.97 Å². The van der Waals surface area contributed by atoms with Gasteiger partial charge in [-0.05, 0) is 25.0 Å². The van der Waals surface area contributed by atoms with Gasteiger partial charge in [0.05, 0.1) is 5.69 Å². The Morgan fingerprint density at radius 3 is 2.82 bits per heavy atom. The topological polar surface area (TPSA) is 45.8 Å². The van der Waals surface area contributed by atoms with Crippen LogP contribution in [0.4, 0.5) is 0 Å². The van der Waals surface area contributed by atoms with Crippen molar-refractivity contribution in [3.05, 3.63) is 51.0 Å². The summed E-state index contributed by atoms with van der Waals surface area (Å²) in [6, 6.07) is 9.38. The van der Waals surface area contributed by atoms with E-state index in [1.807, 2.05) is 24.3 Å². The molecule has 3 rings (SSSR count). The standard InChI is InChI=1S/C13H11BrN2O/c14-10-3-1-2-9(6-10)11-7-12(17)16-13(15-11)8-4-5-8/h1-3,6-8H,4-5H2,(H,15,16,17). The van der Waals surface area contributed by atoms with E-state index in [9.17, 15) is 4.79 Å². The second-order valence-corrected chi connectivity index (χ2v) is 5.22. The summed E-state index contributed by atoms with van der Waals surface area (Å²) < 4.78 is 0.991. The number of nitrogens with one attached hydrogen (secondary N) is 1. The molecule has 0 saturated heterocycles. The van der Waals surface area contributed by atoms with Crippen LogP contribution in [0.5, 0.6) is 0 Å². The molecular weight excluding hydrogens is 280 g/mol. The molecule has 1 aromatic heterocycles. The van der Waals surface area contributed by atoms with E-state index in [2.05, 4.69) is 25.9 Å². The van der Waals surface area contributed by atoms with Gasteiger partial charge in [0.15, 0.2) is 0 Å². The number of aromatic amines is 1. The number of rotatable bonds is 2. The monoisotopic (exact) mass is 290 g/mol. The Morgan fingerprint density at radius 2 is 2.12 bits per heavy atom. The zero-order chi connectivity index (χ0) is 11.8. The molecule has 1 aliphatic carbocycles. The number of hydrogen-bond donors (Lipinski definition) is 1. The maximum absolute atomic E-state index is 11.6. The van der Waals surface area contributed by atoms with E-state index >= 15 is 0 Å². The van der Waals surface area contributed by atoms with E-state index in [0.29, 0.717) is 5.92 Å². The maximum Gasteiger partial charge on any atom is 0.251 e. The quantitative estimate of drug-likeness (QED) is 0.924. The lowest BCUT2D eigenvalue weighted by Gasteiger charge is -2.03. The van der Waals surface area contributed by atoms with Crippen molar-refractivity contribution < 1.29 is 0 Å². The fourth-order valence-corrected chi connectivity index (χ4v) is 2.22. The first kappa shape index (κ1) is 10.7. The highest BCUT2D eigenvalue weighted by molar-refractivity contribution is 9.10. The molecule has 0 aliphatic heterocycles. The van der Waals surface area contributed by atoms with Gasteiger partial charge in [-0.2, -0.15) is 0 Å². The van der Waals surface area contributed by atoms with E-state index in [4.69, 9.17) is 0 Å². The number of aromatic nitrogens is 2. The van der Waals surface area contributed by atoms with Crippen molar-refractivity contribution in [3.63, 3.8) is 0 Å². The molecule has 0 unspecified atom stereocenters. The zero-order valence-electron chi connectivity index (χ0n) is 9.11. The maximum atomic E-state index is 11.6. The van der Waals surface area contributed by atoms with Crippen LogP contribution in [0.25, 0.3) is 11.3 Å². The second kappa shape index (κ2) is 4.11. The van der Waals surface area contributed by atoms with Gasteiger partial charge in [0, 0.05) is 22.0 Å². The van der Waals surface area contributed by atoms with Crippen molar-refractivity contribution in [3.8, 4) is 11.3 Å². The minimum Gasteiger partial charge on any atom is -0.310 e. The molecule has 0 atom stereocenters. The van der Waals surface area contributed by atoms with Gasteiger partial charge in [0.2, 0.25) is 0 Å². The van der Waals surface area contributed by atoms with Crippen molar-refractivity contribution in [1.29, 1.82) is 0 Å². The van der Waals surface area contributed by atoms with Crippen molar-refractivity contribution in [2.45, 2.75) is 18.8 Å². The molecule has 1 fully saturated rings. The summed E-state index contributed by atoms with van der Waals surface area (Å²) in [4.78, 5) is 18.9. The Balaban J connectivity index is 2.10. The summed E-state index contributed by atoms with van der Waals surface area (Å²) in [7, 11) is 0. The lowest BCUT2D eigenvalue weighted by Crippen LogP contribution is -2.10. The highest BCUT2D eigenvalue weighted by atomic mass is 79.9. The smallest absolute Gasteiger partial charge is 0.251 e. The average molecular weight is 291 g/mol. The number of hydrogen-bond acceptors (Lipinski definition) is 2. The van der Waals surface area contributed by atoms with Gasteiger partial charge in [0.25, 0.3) is 5.56 Å². The van der Waals surface area contributed by atoms with Crippen LogP contribution >= 0.6 is 15.9 Å². The first-order valence-electron chi connectivity index (χ1n) is 5.59. The van der Waals surface area contributed by atoms with E-state index in [1.54, 1.807) is 6.07 Å². The van der Waals surface area contributed by atoms with Gasteiger partial charge in [0.1, 0.15) is 5.82 Å². The molecular formula is C13H11BrN2O. The molecule has 17 heavy (non-hydrogen) atoms. The predicted octanol–water partition coefficient (Wildman–Crippen LogP) is 3.08. The number of benzene rings is 1. The van der Waals surface area contributed by atoms with Crippen LogP contribution in [0.2, 0.25) is 0 Å². The van der Waals surface area contributed by atoms with Crippen LogP contribution < -0.4 is 5.56 Å². The Morgan fingerprint density at radius 1 is 1.29 bits per heavy atom. The highest BCUT2D eigenvalue weighted by Crippen LogP contribution is 2.38. The molecule has 1 heterocycles. The zero-order valence-corrected chi connectivity index (χ0v) is 10.7. The van der Waals surface area contributed by atoms with Crippen LogP contribution in [-0.2, 0) is 0 Å². The molecule has 1 saturated carbocycles. The average Bonchev–Trinajstić information content (AvgIpc) is 3.12. The Kier molecular flexibility index (Phi) is 2.59. The fourth-order valence-electron chi connectivity index (χ4n) is 1.82. The minimum atomic E-state index is -0.0723. The third-order valence-corrected chi connectivity index (χ3v) is 3.34. The van der Waals surface area contributed by atoms with Gasteiger partial charge < -0.3 is 4.98 Å². The summed E-state index contributed by atoms with van der Waals surface area (Å²) in [5, 5.41) is 0. The van der Waals surface area contributed by atoms with Gasteiger partial charge in [-0.3, -0.25) is 4.79 Å². The number of H-pyrrole nitrogens is 1. The Hall–Kier alpha value is -1.42. The van der Waals surface area contributed by atoms with Crippen LogP contribution in [-0.4, -0.2) is 9.97 Å². The normalized spacial score (nSPS) is 14.9. The summed E-state index contributed by atoms with van der Waals surface area (Å²) in [5.74, 6) is 1.28. The predicted molar refractivity (Wildman–Crippen MR) is 70.0 cm³/mol. The molecule has 0 bridgehead atoms. The van der Waals surface area contributed by atoms with E-state index < -0.39 is 0 Å². The summed E-state index contributed by atoms with van der Waals surface area (Å²) in [6.45, 7) is 0. The van der Waals surface area contributed by atoms with E-state index in [0.717, 1.165) is 34.4 Å². The number of nitrogens with zero attached hydrogens (tertiary/aromatic N) is 1. The van der Waals surface area contributed by atoms with Crippen molar-refractivity contribution in [2.75, 3.05) is 0 Å². The van der Waals surface area contributed by atoms with E-state index in [1.165, 1.54) is 0 Å².